The number of nitrogens with one attached hydrogen (secondary N) is 1. The molecule has 0 atom stereocenters. The summed E-state index contributed by atoms with van der Waals surface area (Å²) in [5.41, 5.74) is 3.12. The lowest BCUT2D eigenvalue weighted by atomic mass is 10.2. The van der Waals surface area contributed by atoms with Crippen LogP contribution in [0.2, 0.25) is 0 Å². The topological polar surface area (TPSA) is 32.3 Å². The predicted octanol–water partition coefficient (Wildman–Crippen LogP) is 3.46. The SMILES string of the molecule is Cc1cccc(NC(=O)CCN(C)c2ccccc2)c1. The zero-order valence-corrected chi connectivity index (χ0v) is 12.0. The van der Waals surface area contributed by atoms with Crippen molar-refractivity contribution in [3.05, 3.63) is 60.2 Å². The van der Waals surface area contributed by atoms with Crippen molar-refractivity contribution in [3.8, 4) is 0 Å². The van der Waals surface area contributed by atoms with E-state index in [1.807, 2.05) is 68.6 Å². The van der Waals surface area contributed by atoms with E-state index in [1.165, 1.54) is 0 Å². The van der Waals surface area contributed by atoms with E-state index >= 15 is 0 Å². The summed E-state index contributed by atoms with van der Waals surface area (Å²) in [5.74, 6) is 0.0402. The number of hydrogen-bond donors (Lipinski definition) is 1. The highest BCUT2D eigenvalue weighted by Crippen LogP contribution is 2.12. The molecule has 104 valence electrons. The third kappa shape index (κ3) is 4.12. The summed E-state index contributed by atoms with van der Waals surface area (Å²) in [6.07, 6.45) is 0.472. The minimum atomic E-state index is 0.0402. The standard InChI is InChI=1S/C17H20N2O/c1-14-7-6-8-15(13-14)18-17(20)11-12-19(2)16-9-4-3-5-10-16/h3-10,13H,11-12H2,1-2H3,(H,18,20). The van der Waals surface area contributed by atoms with E-state index < -0.39 is 0 Å². The number of carbonyl (C=O) groups is 1. The Morgan fingerprint density at radius 3 is 2.55 bits per heavy atom. The summed E-state index contributed by atoms with van der Waals surface area (Å²) < 4.78 is 0. The van der Waals surface area contributed by atoms with Gasteiger partial charge in [-0.2, -0.15) is 0 Å². The molecule has 3 heteroatoms. The predicted molar refractivity (Wildman–Crippen MR) is 84.1 cm³/mol. The lowest BCUT2D eigenvalue weighted by molar-refractivity contribution is -0.116. The molecule has 0 spiro atoms. The molecule has 3 nitrogen and oxygen atoms in total. The Labute approximate surface area is 120 Å². The second-order valence-electron chi connectivity index (χ2n) is 4.92. The normalized spacial score (nSPS) is 10.1. The van der Waals surface area contributed by atoms with Crippen LogP contribution in [-0.2, 0) is 4.79 Å². The molecule has 0 radical (unpaired) electrons. The summed E-state index contributed by atoms with van der Waals surface area (Å²) in [6, 6.07) is 17.9. The quantitative estimate of drug-likeness (QED) is 0.900. The van der Waals surface area contributed by atoms with E-state index in [9.17, 15) is 4.79 Å². The first-order valence-electron chi connectivity index (χ1n) is 6.78. The van der Waals surface area contributed by atoms with E-state index in [0.717, 1.165) is 16.9 Å². The molecule has 1 N–H and O–H groups in total. The van der Waals surface area contributed by atoms with Gasteiger partial charge in [-0.25, -0.2) is 0 Å². The zero-order chi connectivity index (χ0) is 14.4. The van der Waals surface area contributed by atoms with E-state index in [-0.39, 0.29) is 5.91 Å². The number of benzene rings is 2. The molecule has 0 aliphatic carbocycles. The van der Waals surface area contributed by atoms with Gasteiger partial charge in [0.1, 0.15) is 0 Å². The summed E-state index contributed by atoms with van der Waals surface area (Å²) >= 11 is 0. The van der Waals surface area contributed by atoms with Gasteiger partial charge in [-0.1, -0.05) is 30.3 Å². The second-order valence-corrected chi connectivity index (χ2v) is 4.92. The van der Waals surface area contributed by atoms with Crippen LogP contribution in [0.1, 0.15) is 12.0 Å². The third-order valence-corrected chi connectivity index (χ3v) is 3.17. The van der Waals surface area contributed by atoms with Crippen molar-refractivity contribution in [2.75, 3.05) is 23.8 Å². The van der Waals surface area contributed by atoms with Crippen LogP contribution in [0, 0.1) is 6.92 Å². The first-order valence-corrected chi connectivity index (χ1v) is 6.78. The van der Waals surface area contributed by atoms with Crippen LogP contribution >= 0.6 is 0 Å². The molecule has 2 aromatic rings. The number of aryl methyl sites for hydroxylation is 1. The maximum absolute atomic E-state index is 11.9. The van der Waals surface area contributed by atoms with Crippen LogP contribution in [0.5, 0.6) is 0 Å². The first-order chi connectivity index (χ1) is 9.65. The number of anilines is 2. The molecule has 1 amide bonds. The van der Waals surface area contributed by atoms with Crippen LogP contribution in [0.15, 0.2) is 54.6 Å². The van der Waals surface area contributed by atoms with Gasteiger partial charge in [0.05, 0.1) is 0 Å². The van der Waals surface area contributed by atoms with Crippen LogP contribution in [0.3, 0.4) is 0 Å². The van der Waals surface area contributed by atoms with Crippen molar-refractivity contribution in [1.82, 2.24) is 0 Å². The number of carbonyl (C=O) groups excluding carboxylic acids is 1. The summed E-state index contributed by atoms with van der Waals surface area (Å²) in [7, 11) is 2.00. The smallest absolute Gasteiger partial charge is 0.226 e. The van der Waals surface area contributed by atoms with Gasteiger partial charge in [0.25, 0.3) is 0 Å². The number of para-hydroxylation sites is 1. The fourth-order valence-corrected chi connectivity index (χ4v) is 2.03. The van der Waals surface area contributed by atoms with Crippen LogP contribution in [0.4, 0.5) is 11.4 Å². The molecule has 0 fully saturated rings. The molecular weight excluding hydrogens is 248 g/mol. The molecule has 0 saturated heterocycles. The van der Waals surface area contributed by atoms with Gasteiger partial charge in [0.2, 0.25) is 5.91 Å². The minimum Gasteiger partial charge on any atom is -0.374 e. The molecule has 0 bridgehead atoms. The Morgan fingerprint density at radius 1 is 1.10 bits per heavy atom. The van der Waals surface area contributed by atoms with Gasteiger partial charge >= 0.3 is 0 Å². The minimum absolute atomic E-state index is 0.0402. The average Bonchev–Trinajstić information content (AvgIpc) is 2.46. The lowest BCUT2D eigenvalue weighted by Crippen LogP contribution is -2.23. The van der Waals surface area contributed by atoms with Gasteiger partial charge in [-0.15, -0.1) is 0 Å². The highest BCUT2D eigenvalue weighted by atomic mass is 16.1. The zero-order valence-electron chi connectivity index (χ0n) is 12.0. The molecule has 2 aromatic carbocycles. The average molecular weight is 268 g/mol. The van der Waals surface area contributed by atoms with Crippen LogP contribution in [-0.4, -0.2) is 19.5 Å². The molecular formula is C17H20N2O. The molecule has 0 unspecified atom stereocenters. The van der Waals surface area contributed by atoms with E-state index in [0.29, 0.717) is 13.0 Å². The lowest BCUT2D eigenvalue weighted by Gasteiger charge is -2.18. The molecule has 0 heterocycles. The van der Waals surface area contributed by atoms with Gasteiger partial charge < -0.3 is 10.2 Å². The third-order valence-electron chi connectivity index (χ3n) is 3.17. The highest BCUT2D eigenvalue weighted by Gasteiger charge is 2.05. The van der Waals surface area contributed by atoms with Crippen molar-refractivity contribution in [2.24, 2.45) is 0 Å². The highest BCUT2D eigenvalue weighted by molar-refractivity contribution is 5.91. The molecule has 20 heavy (non-hydrogen) atoms. The number of rotatable bonds is 5. The molecule has 0 aromatic heterocycles. The number of hydrogen-bond acceptors (Lipinski definition) is 2. The monoisotopic (exact) mass is 268 g/mol. The molecule has 0 saturated carbocycles. The van der Waals surface area contributed by atoms with Gasteiger partial charge in [0.15, 0.2) is 0 Å². The maximum atomic E-state index is 11.9. The van der Waals surface area contributed by atoms with Crippen molar-refractivity contribution in [2.45, 2.75) is 13.3 Å². The first kappa shape index (κ1) is 14.1. The fraction of sp³-hybridized carbons (Fsp3) is 0.235. The summed E-state index contributed by atoms with van der Waals surface area (Å²) in [6.45, 7) is 2.71. The van der Waals surface area contributed by atoms with E-state index in [2.05, 4.69) is 10.2 Å². The Balaban J connectivity index is 1.83. The van der Waals surface area contributed by atoms with E-state index in [1.54, 1.807) is 0 Å². The van der Waals surface area contributed by atoms with Crippen LogP contribution < -0.4 is 10.2 Å². The van der Waals surface area contributed by atoms with Crippen molar-refractivity contribution in [3.63, 3.8) is 0 Å². The Kier molecular flexibility index (Phi) is 4.77. The summed E-state index contributed by atoms with van der Waals surface area (Å²) in [4.78, 5) is 14.0. The second kappa shape index (κ2) is 6.75. The van der Waals surface area contributed by atoms with Crippen molar-refractivity contribution in [1.29, 1.82) is 0 Å². The Bertz CT molecular complexity index is 566. The Hall–Kier alpha value is -2.29. The van der Waals surface area contributed by atoms with Crippen molar-refractivity contribution >= 4 is 17.3 Å². The van der Waals surface area contributed by atoms with E-state index in [4.69, 9.17) is 0 Å². The van der Waals surface area contributed by atoms with Gasteiger partial charge in [-0.05, 0) is 36.8 Å². The maximum Gasteiger partial charge on any atom is 0.226 e. The molecule has 2 rings (SSSR count). The van der Waals surface area contributed by atoms with Gasteiger partial charge in [-0.3, -0.25) is 4.79 Å². The molecule has 0 aliphatic heterocycles. The van der Waals surface area contributed by atoms with Crippen molar-refractivity contribution < 1.29 is 4.79 Å². The number of amides is 1. The number of nitrogens with zero attached hydrogens (tertiary/aromatic N) is 1. The molecule has 0 aliphatic rings. The van der Waals surface area contributed by atoms with Crippen LogP contribution in [0.25, 0.3) is 0 Å². The fourth-order valence-electron chi connectivity index (χ4n) is 2.03. The Morgan fingerprint density at radius 2 is 1.85 bits per heavy atom. The largest absolute Gasteiger partial charge is 0.374 e. The summed E-state index contributed by atoms with van der Waals surface area (Å²) in [5, 5.41) is 2.92. The van der Waals surface area contributed by atoms with Gasteiger partial charge in [0, 0.05) is 31.4 Å².